The lowest BCUT2D eigenvalue weighted by atomic mass is 9.91. The highest BCUT2D eigenvalue weighted by Crippen LogP contribution is 2.28. The third-order valence-corrected chi connectivity index (χ3v) is 3.55. The van der Waals surface area contributed by atoms with Gasteiger partial charge in [-0.25, -0.2) is 4.98 Å². The van der Waals surface area contributed by atoms with Crippen molar-refractivity contribution in [3.63, 3.8) is 0 Å². The Balaban J connectivity index is 1.92. The minimum atomic E-state index is -3.71. The molecule has 1 fully saturated rings. The average Bonchev–Trinajstić information content (AvgIpc) is 3.27. The Morgan fingerprint density at radius 1 is 1.38 bits per heavy atom. The zero-order valence-electron chi connectivity index (χ0n) is 22.2. The fourth-order valence-electron chi connectivity index (χ4n) is 2.31. The number of pyridine rings is 2. The molecule has 4 heterocycles. The molecule has 0 saturated carbocycles. The molecule has 3 aromatic heterocycles. The zero-order chi connectivity index (χ0) is 26.0. The first-order valence-electron chi connectivity index (χ1n) is 12.0. The summed E-state index contributed by atoms with van der Waals surface area (Å²) in [6, 6.07) is 5.96. The summed E-state index contributed by atoms with van der Waals surface area (Å²) in [5, 5.41) is 6.44. The molecule has 6 nitrogen and oxygen atoms in total. The van der Waals surface area contributed by atoms with E-state index in [1.54, 1.807) is 12.1 Å². The summed E-state index contributed by atoms with van der Waals surface area (Å²) in [6.07, 6.45) is -6.98. The van der Waals surface area contributed by atoms with E-state index in [0.29, 0.717) is 11.8 Å². The van der Waals surface area contributed by atoms with Crippen LogP contribution in [0.1, 0.15) is 30.6 Å². The lowest BCUT2D eigenvalue weighted by Crippen LogP contribution is -2.42. The van der Waals surface area contributed by atoms with Crippen LogP contribution >= 0.6 is 0 Å². The minimum absolute atomic E-state index is 0.150. The first kappa shape index (κ1) is 9.02. The maximum Gasteiger partial charge on any atom is 0.231 e. The maximum atomic E-state index is 13.7. The summed E-state index contributed by atoms with van der Waals surface area (Å²) in [5.41, 5.74) is 0.247. The van der Waals surface area contributed by atoms with E-state index in [2.05, 4.69) is 20.2 Å². The number of hydrogen-bond acceptors (Lipinski definition) is 4. The largest absolute Gasteiger partial charge is 0.295 e. The zero-order valence-corrected chi connectivity index (χ0v) is 13.2. The molecular formula is C19H18FN5O. The van der Waals surface area contributed by atoms with Gasteiger partial charge in [0.2, 0.25) is 11.9 Å². The van der Waals surface area contributed by atoms with Crippen LogP contribution in [-0.2, 0) is 11.2 Å². The van der Waals surface area contributed by atoms with Crippen molar-refractivity contribution in [2.45, 2.75) is 19.1 Å². The molecule has 3 aromatic rings. The molecule has 132 valence electrons. The van der Waals surface area contributed by atoms with Gasteiger partial charge >= 0.3 is 0 Å². The summed E-state index contributed by atoms with van der Waals surface area (Å²) in [4.78, 5) is 21.0. The summed E-state index contributed by atoms with van der Waals surface area (Å²) in [5.74, 6) is -6.78. The normalized spacial score (nSPS) is 31.8. The van der Waals surface area contributed by atoms with Crippen LogP contribution in [0, 0.1) is 11.8 Å². The molecule has 1 aliphatic heterocycles. The Morgan fingerprint density at radius 3 is 3.00 bits per heavy atom. The van der Waals surface area contributed by atoms with Crippen molar-refractivity contribution in [2.24, 2.45) is 5.89 Å². The second-order valence-corrected chi connectivity index (χ2v) is 5.25. The molecule has 1 N–H and O–H groups in total. The van der Waals surface area contributed by atoms with Gasteiger partial charge in [0, 0.05) is 54.9 Å². The third kappa shape index (κ3) is 3.33. The van der Waals surface area contributed by atoms with E-state index in [0.717, 1.165) is 12.1 Å². The molecule has 1 aliphatic rings. The van der Waals surface area contributed by atoms with E-state index < -0.39 is 54.7 Å². The number of aromatic nitrogens is 4. The number of aromatic amines is 1. The second-order valence-electron chi connectivity index (χ2n) is 5.25. The second kappa shape index (κ2) is 7.03. The maximum absolute atomic E-state index is 13.7. The smallest absolute Gasteiger partial charge is 0.231 e. The quantitative estimate of drug-likeness (QED) is 0.726. The molecule has 0 spiro atoms. The van der Waals surface area contributed by atoms with E-state index >= 15 is 0 Å². The van der Waals surface area contributed by atoms with Gasteiger partial charge in [0.1, 0.15) is 0 Å². The van der Waals surface area contributed by atoms with Crippen molar-refractivity contribution < 1.29 is 21.5 Å². The summed E-state index contributed by atoms with van der Waals surface area (Å²) in [7, 11) is 0. The number of anilines is 1. The predicted octanol–water partition coefficient (Wildman–Crippen LogP) is 2.99. The van der Waals surface area contributed by atoms with Crippen LogP contribution in [0.2, 0.25) is 0 Å². The van der Waals surface area contributed by atoms with Crippen LogP contribution in [0.25, 0.3) is 11.3 Å². The van der Waals surface area contributed by atoms with E-state index in [4.69, 9.17) is 12.3 Å². The number of halogens is 1. The van der Waals surface area contributed by atoms with E-state index in [1.807, 2.05) is 0 Å². The van der Waals surface area contributed by atoms with Crippen LogP contribution in [-0.4, -0.2) is 32.6 Å². The summed E-state index contributed by atoms with van der Waals surface area (Å²) < 4.78 is 89.2. The van der Waals surface area contributed by atoms with Crippen LogP contribution in [0.15, 0.2) is 48.9 Å². The topological polar surface area (TPSA) is 74.8 Å². The standard InChI is InChI=1S/C19H18FN5O/c20-17-4-3-13(12-22-17)10-15-2-1-9-25(19(15)26)18-11-16(23-24-18)14-5-7-21-8-6-14/h3-8,11-12,15H,1-2,9-10H2,(H,23,24)/t15-/m1/s1/i1D2,2D2,9D2,10D2,15D. The van der Waals surface area contributed by atoms with E-state index in [1.165, 1.54) is 18.5 Å². The number of rotatable bonds is 4. The van der Waals surface area contributed by atoms with Crippen molar-refractivity contribution in [3.8, 4) is 11.3 Å². The van der Waals surface area contributed by atoms with Gasteiger partial charge in [-0.05, 0) is 42.9 Å². The van der Waals surface area contributed by atoms with Crippen molar-refractivity contribution >= 4 is 11.7 Å². The molecule has 0 unspecified atom stereocenters. The first-order chi connectivity index (χ1) is 16.1. The number of amides is 1. The molecule has 4 rings (SSSR count). The van der Waals surface area contributed by atoms with Gasteiger partial charge in [-0.2, -0.15) is 9.49 Å². The molecule has 26 heavy (non-hydrogen) atoms. The Morgan fingerprint density at radius 2 is 2.23 bits per heavy atom. The van der Waals surface area contributed by atoms with Crippen molar-refractivity contribution in [2.75, 3.05) is 11.4 Å². The molecule has 0 radical (unpaired) electrons. The molecule has 0 bridgehead atoms. The number of hydrogen-bond donors (Lipinski definition) is 1. The van der Waals surface area contributed by atoms with Crippen LogP contribution < -0.4 is 4.90 Å². The van der Waals surface area contributed by atoms with Gasteiger partial charge < -0.3 is 0 Å². The molecular weight excluding hydrogens is 333 g/mol. The average molecular weight is 360 g/mol. The number of carbonyl (C=O) groups is 1. The van der Waals surface area contributed by atoms with Crippen molar-refractivity contribution in [3.05, 3.63) is 60.4 Å². The highest BCUT2D eigenvalue weighted by atomic mass is 19.1. The third-order valence-electron chi connectivity index (χ3n) is 3.55. The Labute approximate surface area is 162 Å². The van der Waals surface area contributed by atoms with Gasteiger partial charge in [-0.1, -0.05) is 6.07 Å². The molecule has 1 saturated heterocycles. The molecule has 1 amide bonds. The number of nitrogens with one attached hydrogen (secondary N) is 1. The first-order valence-corrected chi connectivity index (χ1v) is 7.53. The van der Waals surface area contributed by atoms with Crippen LogP contribution in [0.4, 0.5) is 10.2 Å². The minimum Gasteiger partial charge on any atom is -0.295 e. The highest BCUT2D eigenvalue weighted by Gasteiger charge is 2.31. The van der Waals surface area contributed by atoms with E-state index in [-0.39, 0.29) is 10.6 Å². The van der Waals surface area contributed by atoms with Gasteiger partial charge in [0.05, 0.1) is 5.69 Å². The Kier molecular flexibility index (Phi) is 2.44. The fraction of sp³-hybridized carbons (Fsp3) is 0.263. The predicted molar refractivity (Wildman–Crippen MR) is 94.8 cm³/mol. The molecule has 0 aromatic carbocycles. The van der Waals surface area contributed by atoms with Crippen LogP contribution in [0.5, 0.6) is 0 Å². The highest BCUT2D eigenvalue weighted by molar-refractivity contribution is 5.95. The molecule has 7 heteroatoms. The Hall–Kier alpha value is -3.09. The summed E-state index contributed by atoms with van der Waals surface area (Å²) in [6.45, 7) is -3.39. The molecule has 0 aliphatic carbocycles. The number of carbonyl (C=O) groups excluding carboxylic acids is 1. The lowest BCUT2D eigenvalue weighted by molar-refractivity contribution is -0.123. The van der Waals surface area contributed by atoms with E-state index in [9.17, 15) is 9.18 Å². The van der Waals surface area contributed by atoms with Crippen molar-refractivity contribution in [1.82, 2.24) is 20.2 Å². The number of H-pyrrole nitrogens is 1. The van der Waals surface area contributed by atoms with Gasteiger partial charge in [0.15, 0.2) is 5.82 Å². The SMILES string of the molecule is [2H]C1([2H])N(c2cc(-c3ccncc3)[nH]n2)C(=O)[C@@]([2H])(C([2H])([2H])c2ccc(F)nc2)C([2H])([2H])C1([2H])[2H]. The van der Waals surface area contributed by atoms with Crippen molar-refractivity contribution in [1.29, 1.82) is 0 Å². The van der Waals surface area contributed by atoms with Gasteiger partial charge in [-0.3, -0.25) is 19.8 Å². The van der Waals surface area contributed by atoms with Crippen LogP contribution in [0.3, 0.4) is 0 Å². The summed E-state index contributed by atoms with van der Waals surface area (Å²) >= 11 is 0. The van der Waals surface area contributed by atoms with Gasteiger partial charge in [-0.15, -0.1) is 0 Å². The number of piperidine rings is 1. The Bertz CT molecular complexity index is 1270. The van der Waals surface area contributed by atoms with Gasteiger partial charge in [0.25, 0.3) is 0 Å². The lowest BCUT2D eigenvalue weighted by Gasteiger charge is -2.30. The number of nitrogens with zero attached hydrogens (tertiary/aromatic N) is 4. The molecule has 1 atom stereocenters. The monoisotopic (exact) mass is 360 g/mol. The fourth-order valence-corrected chi connectivity index (χ4v) is 2.31.